The van der Waals surface area contributed by atoms with Crippen molar-refractivity contribution in [1.29, 1.82) is 0 Å². The third kappa shape index (κ3) is 6.63. The lowest BCUT2D eigenvalue weighted by molar-refractivity contribution is -0.121. The van der Waals surface area contributed by atoms with Crippen molar-refractivity contribution in [3.8, 4) is 0 Å². The summed E-state index contributed by atoms with van der Waals surface area (Å²) in [4.78, 5) is 25.6. The largest absolute Gasteiger partial charge is 0.335 e. The highest BCUT2D eigenvalue weighted by Gasteiger charge is 2.21. The summed E-state index contributed by atoms with van der Waals surface area (Å²) in [5, 5.41) is 5.30. The van der Waals surface area contributed by atoms with Gasteiger partial charge in [0.2, 0.25) is 5.91 Å². The Labute approximate surface area is 132 Å². The molecule has 4 N–H and O–H groups in total. The van der Waals surface area contributed by atoms with Gasteiger partial charge < -0.3 is 11.1 Å². The summed E-state index contributed by atoms with van der Waals surface area (Å²) in [5.74, 6) is -0.243. The SMILES string of the molecule is Cl.N[C@@H]1CCCN(CC(=O)NC(=O)NC2CCCCC2)C1. The Kier molecular flexibility index (Phi) is 8.00. The molecule has 1 aliphatic carbocycles. The zero-order chi connectivity index (χ0) is 14.4. The van der Waals surface area contributed by atoms with Crippen LogP contribution in [0.25, 0.3) is 0 Å². The molecule has 21 heavy (non-hydrogen) atoms. The van der Waals surface area contributed by atoms with E-state index in [0.29, 0.717) is 0 Å². The van der Waals surface area contributed by atoms with Gasteiger partial charge in [0, 0.05) is 18.6 Å². The molecule has 2 aliphatic rings. The number of nitrogens with two attached hydrogens (primary N) is 1. The number of rotatable bonds is 3. The summed E-state index contributed by atoms with van der Waals surface area (Å²) < 4.78 is 0. The minimum atomic E-state index is -0.358. The molecule has 0 unspecified atom stereocenters. The van der Waals surface area contributed by atoms with Crippen LogP contribution in [0.5, 0.6) is 0 Å². The zero-order valence-corrected chi connectivity index (χ0v) is 13.3. The number of hydrogen-bond acceptors (Lipinski definition) is 4. The highest BCUT2D eigenvalue weighted by molar-refractivity contribution is 5.95. The minimum Gasteiger partial charge on any atom is -0.335 e. The van der Waals surface area contributed by atoms with Crippen LogP contribution in [0.1, 0.15) is 44.9 Å². The third-order valence-corrected chi connectivity index (χ3v) is 4.10. The second-order valence-corrected chi connectivity index (χ2v) is 5.99. The number of nitrogens with zero attached hydrogens (tertiary/aromatic N) is 1. The van der Waals surface area contributed by atoms with Crippen molar-refractivity contribution < 1.29 is 9.59 Å². The number of urea groups is 1. The lowest BCUT2D eigenvalue weighted by Gasteiger charge is -2.30. The van der Waals surface area contributed by atoms with Crippen LogP contribution in [0.2, 0.25) is 0 Å². The molecule has 1 atom stereocenters. The highest BCUT2D eigenvalue weighted by atomic mass is 35.5. The van der Waals surface area contributed by atoms with E-state index >= 15 is 0 Å². The molecule has 1 heterocycles. The highest BCUT2D eigenvalue weighted by Crippen LogP contribution is 2.17. The van der Waals surface area contributed by atoms with Gasteiger partial charge in [0.1, 0.15) is 0 Å². The quantitative estimate of drug-likeness (QED) is 0.724. The Balaban J connectivity index is 0.00000220. The molecule has 3 amide bonds. The van der Waals surface area contributed by atoms with Crippen LogP contribution in [0.3, 0.4) is 0 Å². The monoisotopic (exact) mass is 318 g/mol. The molecule has 0 aromatic heterocycles. The number of nitrogens with one attached hydrogen (secondary N) is 2. The van der Waals surface area contributed by atoms with Crippen LogP contribution in [-0.2, 0) is 4.79 Å². The molecule has 6 nitrogen and oxygen atoms in total. The van der Waals surface area contributed by atoms with E-state index in [2.05, 4.69) is 10.6 Å². The van der Waals surface area contributed by atoms with Crippen LogP contribution in [-0.4, -0.2) is 48.6 Å². The predicted molar refractivity (Wildman–Crippen MR) is 84.4 cm³/mol. The number of halogens is 1. The van der Waals surface area contributed by atoms with Gasteiger partial charge in [-0.25, -0.2) is 4.79 Å². The minimum absolute atomic E-state index is 0. The number of amides is 3. The standard InChI is InChI=1S/C14H26N4O2.ClH/c15-11-5-4-8-18(9-11)10-13(19)17-14(20)16-12-6-2-1-3-7-12;/h11-12H,1-10,15H2,(H2,16,17,19,20);1H/t11-;/m1./s1. The molecular weight excluding hydrogens is 292 g/mol. The Bertz CT molecular complexity index is 348. The van der Waals surface area contributed by atoms with E-state index in [1.54, 1.807) is 0 Å². The van der Waals surface area contributed by atoms with Gasteiger partial charge in [-0.15, -0.1) is 12.4 Å². The number of piperidine rings is 1. The maximum Gasteiger partial charge on any atom is 0.321 e. The first kappa shape index (κ1) is 18.2. The second kappa shape index (κ2) is 9.23. The molecule has 2 rings (SSSR count). The van der Waals surface area contributed by atoms with Crippen molar-refractivity contribution in [3.05, 3.63) is 0 Å². The van der Waals surface area contributed by atoms with E-state index in [4.69, 9.17) is 5.73 Å². The summed E-state index contributed by atoms with van der Waals surface area (Å²) in [6, 6.07) is 0.00998. The Morgan fingerprint density at radius 1 is 1.10 bits per heavy atom. The normalized spacial score (nSPS) is 24.0. The molecular formula is C14H27ClN4O2. The number of carbonyl (C=O) groups is 2. The number of likely N-dealkylation sites (tertiary alicyclic amines) is 1. The molecule has 0 spiro atoms. The van der Waals surface area contributed by atoms with Crippen molar-refractivity contribution >= 4 is 24.3 Å². The van der Waals surface area contributed by atoms with E-state index in [1.165, 1.54) is 6.42 Å². The molecule has 7 heteroatoms. The third-order valence-electron chi connectivity index (χ3n) is 4.10. The fourth-order valence-electron chi connectivity index (χ4n) is 3.07. The molecule has 0 aromatic rings. The van der Waals surface area contributed by atoms with Crippen LogP contribution in [0.15, 0.2) is 0 Å². The molecule has 0 bridgehead atoms. The summed E-state index contributed by atoms with van der Waals surface area (Å²) >= 11 is 0. The van der Waals surface area contributed by atoms with Crippen LogP contribution in [0, 0.1) is 0 Å². The first-order chi connectivity index (χ1) is 9.63. The lowest BCUT2D eigenvalue weighted by atomic mass is 9.96. The van der Waals surface area contributed by atoms with Gasteiger partial charge in [-0.3, -0.25) is 15.0 Å². The van der Waals surface area contributed by atoms with Gasteiger partial charge >= 0.3 is 6.03 Å². The van der Waals surface area contributed by atoms with Gasteiger partial charge in [-0.05, 0) is 32.2 Å². The Hall–Kier alpha value is -0.850. The van der Waals surface area contributed by atoms with Crippen LogP contribution < -0.4 is 16.4 Å². The van der Waals surface area contributed by atoms with E-state index in [0.717, 1.165) is 51.6 Å². The number of imide groups is 1. The van der Waals surface area contributed by atoms with E-state index in [9.17, 15) is 9.59 Å². The van der Waals surface area contributed by atoms with Gasteiger partial charge in [0.15, 0.2) is 0 Å². The molecule has 1 saturated heterocycles. The molecule has 1 saturated carbocycles. The molecule has 0 aromatic carbocycles. The van der Waals surface area contributed by atoms with Crippen LogP contribution >= 0.6 is 12.4 Å². The fourth-order valence-corrected chi connectivity index (χ4v) is 3.07. The summed E-state index contributed by atoms with van der Waals surface area (Å²) in [7, 11) is 0. The molecule has 1 aliphatic heterocycles. The van der Waals surface area contributed by atoms with Crippen LogP contribution in [0.4, 0.5) is 4.79 Å². The topological polar surface area (TPSA) is 87.5 Å². The second-order valence-electron chi connectivity index (χ2n) is 5.99. The Morgan fingerprint density at radius 2 is 1.81 bits per heavy atom. The predicted octanol–water partition coefficient (Wildman–Crippen LogP) is 0.990. The van der Waals surface area contributed by atoms with Crippen molar-refractivity contribution in [2.24, 2.45) is 5.73 Å². The van der Waals surface area contributed by atoms with E-state index in [-0.39, 0.29) is 43.0 Å². The first-order valence-electron chi connectivity index (χ1n) is 7.72. The average molecular weight is 319 g/mol. The van der Waals surface area contributed by atoms with E-state index in [1.807, 2.05) is 4.90 Å². The fraction of sp³-hybridized carbons (Fsp3) is 0.857. The van der Waals surface area contributed by atoms with Gasteiger partial charge in [-0.2, -0.15) is 0 Å². The summed E-state index contributed by atoms with van der Waals surface area (Å²) in [5.41, 5.74) is 5.87. The smallest absolute Gasteiger partial charge is 0.321 e. The van der Waals surface area contributed by atoms with Gasteiger partial charge in [0.25, 0.3) is 0 Å². The average Bonchev–Trinajstić information content (AvgIpc) is 2.39. The first-order valence-corrected chi connectivity index (χ1v) is 7.72. The zero-order valence-electron chi connectivity index (χ0n) is 12.5. The summed E-state index contributed by atoms with van der Waals surface area (Å²) in [6.45, 7) is 1.87. The lowest BCUT2D eigenvalue weighted by Crippen LogP contribution is -2.50. The van der Waals surface area contributed by atoms with Crippen molar-refractivity contribution in [3.63, 3.8) is 0 Å². The Morgan fingerprint density at radius 3 is 2.48 bits per heavy atom. The maximum absolute atomic E-state index is 11.8. The maximum atomic E-state index is 11.8. The van der Waals surface area contributed by atoms with Gasteiger partial charge in [-0.1, -0.05) is 19.3 Å². The number of hydrogen-bond donors (Lipinski definition) is 3. The summed E-state index contributed by atoms with van der Waals surface area (Å²) in [6.07, 6.45) is 7.62. The van der Waals surface area contributed by atoms with Crippen molar-refractivity contribution in [2.75, 3.05) is 19.6 Å². The van der Waals surface area contributed by atoms with Crippen molar-refractivity contribution in [1.82, 2.24) is 15.5 Å². The molecule has 0 radical (unpaired) electrons. The van der Waals surface area contributed by atoms with E-state index < -0.39 is 0 Å². The molecule has 122 valence electrons. The van der Waals surface area contributed by atoms with Gasteiger partial charge in [0.05, 0.1) is 6.54 Å². The van der Waals surface area contributed by atoms with Crippen molar-refractivity contribution in [2.45, 2.75) is 57.0 Å². The molecule has 2 fully saturated rings. The number of carbonyl (C=O) groups excluding carboxylic acids is 2.